The van der Waals surface area contributed by atoms with Crippen LogP contribution in [-0.2, 0) is 19.3 Å². The Morgan fingerprint density at radius 1 is 1.17 bits per heavy atom. The van der Waals surface area contributed by atoms with Crippen molar-refractivity contribution in [2.75, 3.05) is 0 Å². The maximum atomic E-state index is 6.54. The molecular formula is C22H31ClSi. The minimum atomic E-state index is -1.50. The molecule has 0 bridgehead atoms. The Morgan fingerprint density at radius 3 is 2.50 bits per heavy atom. The van der Waals surface area contributed by atoms with Crippen LogP contribution in [0.25, 0.3) is 10.8 Å². The first kappa shape index (κ1) is 19.3. The van der Waals surface area contributed by atoms with Gasteiger partial charge in [0.1, 0.15) is 0 Å². The Bertz CT molecular complexity index is 695. The Balaban J connectivity index is 2.49. The summed E-state index contributed by atoms with van der Waals surface area (Å²) in [7, 11) is -1.50. The second-order valence-corrected chi connectivity index (χ2v) is 14.9. The summed E-state index contributed by atoms with van der Waals surface area (Å²) in [6.45, 7) is 13.1. The number of hydrogen-bond donors (Lipinski definition) is 0. The second-order valence-electron chi connectivity index (χ2n) is 7.88. The van der Waals surface area contributed by atoms with Crippen LogP contribution in [0.4, 0.5) is 0 Å². The largest absolute Gasteiger partial charge is 0.168 e. The van der Waals surface area contributed by atoms with Crippen LogP contribution in [-0.4, -0.2) is 7.38 Å². The first-order valence-corrected chi connectivity index (χ1v) is 13.4. The quantitative estimate of drug-likeness (QED) is 0.267. The highest BCUT2D eigenvalue weighted by Gasteiger charge is 2.18. The van der Waals surface area contributed by atoms with E-state index in [1.165, 1.54) is 39.9 Å². The average molecular weight is 359 g/mol. The molecule has 130 valence electrons. The molecule has 2 aromatic carbocycles. The highest BCUT2D eigenvalue weighted by molar-refractivity contribution is 7.19. The van der Waals surface area contributed by atoms with Gasteiger partial charge in [-0.05, 0) is 58.7 Å². The fourth-order valence-corrected chi connectivity index (χ4v) is 4.94. The zero-order valence-corrected chi connectivity index (χ0v) is 17.4. The average Bonchev–Trinajstić information content (AvgIpc) is 2.48. The molecule has 0 saturated carbocycles. The van der Waals surface area contributed by atoms with Gasteiger partial charge in [0.2, 0.25) is 0 Å². The van der Waals surface area contributed by atoms with Crippen LogP contribution in [0.2, 0.25) is 19.1 Å². The fourth-order valence-electron chi connectivity index (χ4n) is 3.52. The van der Waals surface area contributed by atoms with E-state index in [4.69, 9.17) is 11.1 Å². The van der Waals surface area contributed by atoms with Crippen molar-refractivity contribution < 1.29 is 0 Å². The van der Waals surface area contributed by atoms with Gasteiger partial charge in [0.05, 0.1) is 0 Å². The molecule has 0 spiro atoms. The summed E-state index contributed by atoms with van der Waals surface area (Å²) in [6.07, 6.45) is 6.46. The van der Waals surface area contributed by atoms with Crippen LogP contribution in [0.5, 0.6) is 0 Å². The molecule has 2 heteroatoms. The van der Waals surface area contributed by atoms with E-state index in [9.17, 15) is 0 Å². The molecule has 0 heterocycles. The monoisotopic (exact) mass is 358 g/mol. The van der Waals surface area contributed by atoms with Gasteiger partial charge in [-0.3, -0.25) is 0 Å². The standard InChI is InChI=1S/C22H31ClSi/c1-6-10-20-19(15-17(2)3)16-18-11-7-8-12-21(18)22(20)13-9-14-24(4,5)23/h6-8,11-12,16-17H,1,9-10,13-15H2,2-5H3. The zero-order valence-electron chi connectivity index (χ0n) is 15.7. The van der Waals surface area contributed by atoms with Gasteiger partial charge in [0.25, 0.3) is 0 Å². The Morgan fingerprint density at radius 2 is 1.88 bits per heavy atom. The first-order chi connectivity index (χ1) is 11.3. The van der Waals surface area contributed by atoms with Crippen LogP contribution in [0, 0.1) is 5.92 Å². The smallest absolute Gasteiger partial charge is 0.150 e. The van der Waals surface area contributed by atoms with Crippen molar-refractivity contribution in [1.82, 2.24) is 0 Å². The van der Waals surface area contributed by atoms with Crippen LogP contribution in [0.15, 0.2) is 43.0 Å². The van der Waals surface area contributed by atoms with Gasteiger partial charge in [-0.2, -0.15) is 11.1 Å². The molecule has 0 radical (unpaired) electrons. The van der Waals surface area contributed by atoms with Crippen LogP contribution >= 0.6 is 11.1 Å². The number of halogens is 1. The molecule has 2 aromatic rings. The SMILES string of the molecule is C=CCc1c(CC(C)C)cc2ccccc2c1CCC[Si](C)(C)Cl. The lowest BCUT2D eigenvalue weighted by Gasteiger charge is -2.20. The lowest BCUT2D eigenvalue weighted by atomic mass is 9.87. The van der Waals surface area contributed by atoms with Gasteiger partial charge in [0.15, 0.2) is 7.38 Å². The third-order valence-corrected chi connectivity index (χ3v) is 6.65. The molecule has 0 atom stereocenters. The van der Waals surface area contributed by atoms with Gasteiger partial charge in [-0.1, -0.05) is 69.8 Å². The molecular weight excluding hydrogens is 328 g/mol. The number of benzene rings is 2. The molecule has 24 heavy (non-hydrogen) atoms. The molecule has 0 aliphatic rings. The number of aryl methyl sites for hydroxylation is 1. The van der Waals surface area contributed by atoms with E-state index in [1.807, 2.05) is 0 Å². The molecule has 0 aliphatic carbocycles. The van der Waals surface area contributed by atoms with Crippen molar-refractivity contribution in [1.29, 1.82) is 0 Å². The van der Waals surface area contributed by atoms with Gasteiger partial charge in [-0.25, -0.2) is 0 Å². The molecule has 0 aliphatic heterocycles. The van der Waals surface area contributed by atoms with Crippen molar-refractivity contribution >= 4 is 29.2 Å². The predicted octanol–water partition coefficient (Wildman–Crippen LogP) is 7.14. The summed E-state index contributed by atoms with van der Waals surface area (Å²) in [6, 6.07) is 12.4. The van der Waals surface area contributed by atoms with E-state index in [0.29, 0.717) is 5.92 Å². The normalized spacial score (nSPS) is 12.1. The summed E-state index contributed by atoms with van der Waals surface area (Å²) < 4.78 is 0. The zero-order chi connectivity index (χ0) is 17.7. The minimum absolute atomic E-state index is 0.664. The van der Waals surface area contributed by atoms with Crippen molar-refractivity contribution in [3.05, 3.63) is 59.7 Å². The lowest BCUT2D eigenvalue weighted by molar-refractivity contribution is 0.643. The van der Waals surface area contributed by atoms with E-state index < -0.39 is 7.38 Å². The van der Waals surface area contributed by atoms with E-state index >= 15 is 0 Å². The number of rotatable bonds is 8. The summed E-state index contributed by atoms with van der Waals surface area (Å²) in [5.74, 6) is 0.664. The third-order valence-electron chi connectivity index (χ3n) is 4.54. The lowest BCUT2D eigenvalue weighted by Crippen LogP contribution is -2.16. The number of allylic oxidation sites excluding steroid dienone is 1. The van der Waals surface area contributed by atoms with E-state index in [2.05, 4.69) is 69.9 Å². The van der Waals surface area contributed by atoms with Crippen molar-refractivity contribution in [2.24, 2.45) is 5.92 Å². The molecule has 2 rings (SSSR count). The summed E-state index contributed by atoms with van der Waals surface area (Å²) in [5.41, 5.74) is 4.53. The van der Waals surface area contributed by atoms with Crippen molar-refractivity contribution in [2.45, 2.75) is 58.7 Å². The Kier molecular flexibility index (Phi) is 6.71. The van der Waals surface area contributed by atoms with Crippen LogP contribution < -0.4 is 0 Å². The topological polar surface area (TPSA) is 0 Å². The van der Waals surface area contributed by atoms with Gasteiger partial charge < -0.3 is 0 Å². The van der Waals surface area contributed by atoms with Gasteiger partial charge in [0, 0.05) is 0 Å². The Hall–Kier alpha value is -1.05. The molecule has 0 N–H and O–H groups in total. The van der Waals surface area contributed by atoms with E-state index in [0.717, 1.165) is 19.3 Å². The van der Waals surface area contributed by atoms with Gasteiger partial charge in [-0.15, -0.1) is 6.58 Å². The van der Waals surface area contributed by atoms with E-state index in [1.54, 1.807) is 0 Å². The maximum Gasteiger partial charge on any atom is 0.150 e. The van der Waals surface area contributed by atoms with E-state index in [-0.39, 0.29) is 0 Å². The molecule has 0 saturated heterocycles. The molecule has 0 unspecified atom stereocenters. The van der Waals surface area contributed by atoms with Crippen LogP contribution in [0.3, 0.4) is 0 Å². The summed E-state index contributed by atoms with van der Waals surface area (Å²) in [4.78, 5) is 0. The summed E-state index contributed by atoms with van der Waals surface area (Å²) >= 11 is 6.54. The minimum Gasteiger partial charge on any atom is -0.168 e. The second kappa shape index (κ2) is 8.36. The predicted molar refractivity (Wildman–Crippen MR) is 113 cm³/mol. The highest BCUT2D eigenvalue weighted by Crippen LogP contribution is 2.31. The summed E-state index contributed by atoms with van der Waals surface area (Å²) in [5, 5.41) is 2.79. The van der Waals surface area contributed by atoms with Crippen molar-refractivity contribution in [3.63, 3.8) is 0 Å². The fraction of sp³-hybridized carbons (Fsp3) is 0.455. The molecule has 0 nitrogen and oxygen atoms in total. The van der Waals surface area contributed by atoms with Gasteiger partial charge >= 0.3 is 0 Å². The number of hydrogen-bond acceptors (Lipinski definition) is 0. The molecule has 0 fully saturated rings. The van der Waals surface area contributed by atoms with Crippen LogP contribution in [0.1, 0.15) is 37.0 Å². The molecule has 0 amide bonds. The third kappa shape index (κ3) is 5.22. The number of fused-ring (bicyclic) bond motifs is 1. The first-order valence-electron chi connectivity index (χ1n) is 9.14. The Labute approximate surface area is 153 Å². The maximum absolute atomic E-state index is 6.54. The van der Waals surface area contributed by atoms with Crippen molar-refractivity contribution in [3.8, 4) is 0 Å². The molecule has 0 aromatic heterocycles. The highest BCUT2D eigenvalue weighted by atomic mass is 35.6.